The molecule has 0 aromatic carbocycles. The lowest BCUT2D eigenvalue weighted by Crippen LogP contribution is -2.58. The molecule has 17 heavy (non-hydrogen) atoms. The van der Waals surface area contributed by atoms with E-state index in [9.17, 15) is 31.1 Å². The second-order valence-electron chi connectivity index (χ2n) is 3.28. The SMILES string of the molecule is CCC(C)OC(=O)C(Br)(C(F)(F)F)C(F)(F)F. The molecule has 102 valence electrons. The Labute approximate surface area is 101 Å². The van der Waals surface area contributed by atoms with Crippen LogP contribution in [0.2, 0.25) is 0 Å². The highest BCUT2D eigenvalue weighted by atomic mass is 79.9. The minimum Gasteiger partial charge on any atom is -0.461 e. The number of hydrogen-bond donors (Lipinski definition) is 0. The predicted molar refractivity (Wildman–Crippen MR) is 49.6 cm³/mol. The van der Waals surface area contributed by atoms with Gasteiger partial charge in [-0.05, 0) is 13.3 Å². The minimum absolute atomic E-state index is 0.102. The maximum Gasteiger partial charge on any atom is 0.423 e. The van der Waals surface area contributed by atoms with Crippen molar-refractivity contribution in [2.45, 2.75) is 43.0 Å². The van der Waals surface area contributed by atoms with E-state index in [-0.39, 0.29) is 6.42 Å². The molecule has 0 aliphatic rings. The maximum atomic E-state index is 12.3. The highest BCUT2D eigenvalue weighted by Crippen LogP contribution is 2.50. The van der Waals surface area contributed by atoms with Crippen LogP contribution in [0, 0.1) is 0 Å². The number of alkyl halides is 7. The molecular formula is C8H9BrF6O2. The lowest BCUT2D eigenvalue weighted by molar-refractivity contribution is -0.264. The summed E-state index contributed by atoms with van der Waals surface area (Å²) in [7, 11) is 0. The third-order valence-electron chi connectivity index (χ3n) is 1.95. The third-order valence-corrected chi connectivity index (χ3v) is 3.17. The van der Waals surface area contributed by atoms with Crippen molar-refractivity contribution in [1.29, 1.82) is 0 Å². The van der Waals surface area contributed by atoms with E-state index in [0.29, 0.717) is 0 Å². The summed E-state index contributed by atoms with van der Waals surface area (Å²) in [5, 5.41) is 0. The fourth-order valence-electron chi connectivity index (χ4n) is 0.739. The number of rotatable bonds is 3. The van der Waals surface area contributed by atoms with Crippen LogP contribution in [0.1, 0.15) is 20.3 Å². The van der Waals surface area contributed by atoms with Crippen LogP contribution < -0.4 is 0 Å². The van der Waals surface area contributed by atoms with Crippen LogP contribution in [-0.4, -0.2) is 28.8 Å². The fourth-order valence-corrected chi connectivity index (χ4v) is 0.833. The van der Waals surface area contributed by atoms with E-state index in [4.69, 9.17) is 0 Å². The van der Waals surface area contributed by atoms with Gasteiger partial charge in [0, 0.05) is 0 Å². The Morgan fingerprint density at radius 3 is 1.76 bits per heavy atom. The van der Waals surface area contributed by atoms with E-state index >= 15 is 0 Å². The normalized spacial score (nSPS) is 15.6. The molecule has 0 bridgehead atoms. The summed E-state index contributed by atoms with van der Waals surface area (Å²) in [5.41, 5.74) is 0. The molecule has 0 radical (unpaired) electrons. The van der Waals surface area contributed by atoms with Crippen molar-refractivity contribution in [3.05, 3.63) is 0 Å². The summed E-state index contributed by atoms with van der Waals surface area (Å²) < 4.78 is 73.4. The lowest BCUT2D eigenvalue weighted by Gasteiger charge is -2.30. The van der Waals surface area contributed by atoms with Gasteiger partial charge in [-0.2, -0.15) is 26.3 Å². The van der Waals surface area contributed by atoms with Crippen LogP contribution in [0.5, 0.6) is 0 Å². The van der Waals surface area contributed by atoms with Crippen LogP contribution in [-0.2, 0) is 9.53 Å². The van der Waals surface area contributed by atoms with Gasteiger partial charge >= 0.3 is 22.6 Å². The van der Waals surface area contributed by atoms with Crippen LogP contribution >= 0.6 is 15.9 Å². The molecule has 0 fully saturated rings. The summed E-state index contributed by atoms with van der Waals surface area (Å²) in [6, 6.07) is 0. The molecule has 0 rings (SSSR count). The molecular weight excluding hydrogens is 322 g/mol. The van der Waals surface area contributed by atoms with Gasteiger partial charge in [-0.15, -0.1) is 0 Å². The zero-order valence-electron chi connectivity index (χ0n) is 8.75. The molecule has 0 aromatic rings. The molecule has 1 unspecified atom stereocenters. The summed E-state index contributed by atoms with van der Waals surface area (Å²) in [6.07, 6.45) is -12.6. The van der Waals surface area contributed by atoms with Crippen molar-refractivity contribution in [2.75, 3.05) is 0 Å². The van der Waals surface area contributed by atoms with Crippen molar-refractivity contribution < 1.29 is 35.9 Å². The quantitative estimate of drug-likeness (QED) is 0.449. The maximum absolute atomic E-state index is 12.3. The van der Waals surface area contributed by atoms with Gasteiger partial charge in [-0.3, -0.25) is 0 Å². The van der Waals surface area contributed by atoms with Crippen LogP contribution in [0.15, 0.2) is 0 Å². The number of carbonyl (C=O) groups is 1. The first-order valence-corrected chi connectivity index (χ1v) is 5.20. The Morgan fingerprint density at radius 2 is 1.53 bits per heavy atom. The molecule has 0 aliphatic carbocycles. The Bertz CT molecular complexity index is 271. The van der Waals surface area contributed by atoms with Gasteiger partial charge in [0.2, 0.25) is 0 Å². The van der Waals surface area contributed by atoms with Gasteiger partial charge in [0.05, 0.1) is 6.10 Å². The van der Waals surface area contributed by atoms with E-state index in [2.05, 4.69) is 4.74 Å². The first kappa shape index (κ1) is 16.5. The first-order valence-electron chi connectivity index (χ1n) is 4.41. The smallest absolute Gasteiger partial charge is 0.423 e. The molecule has 9 heteroatoms. The summed E-state index contributed by atoms with van der Waals surface area (Å²) in [5.74, 6) is -2.41. The monoisotopic (exact) mass is 330 g/mol. The van der Waals surface area contributed by atoms with Gasteiger partial charge in [-0.1, -0.05) is 22.9 Å². The van der Waals surface area contributed by atoms with Crippen LogP contribution in [0.3, 0.4) is 0 Å². The minimum atomic E-state index is -5.84. The summed E-state index contributed by atoms with van der Waals surface area (Å²) >= 11 is 1.42. The number of ether oxygens (including phenoxy) is 1. The van der Waals surface area contributed by atoms with Crippen molar-refractivity contribution in [3.63, 3.8) is 0 Å². The number of hydrogen-bond acceptors (Lipinski definition) is 2. The molecule has 0 amide bonds. The van der Waals surface area contributed by atoms with E-state index < -0.39 is 28.8 Å². The summed E-state index contributed by atoms with van der Waals surface area (Å²) in [6.45, 7) is 2.65. The average Bonchev–Trinajstić information content (AvgIpc) is 2.12. The highest BCUT2D eigenvalue weighted by Gasteiger charge is 2.75. The van der Waals surface area contributed by atoms with Crippen LogP contribution in [0.25, 0.3) is 0 Å². The average molecular weight is 331 g/mol. The summed E-state index contributed by atoms with van der Waals surface area (Å²) in [4.78, 5) is 11.0. The second-order valence-corrected chi connectivity index (χ2v) is 4.47. The molecule has 0 heterocycles. The van der Waals surface area contributed by atoms with Gasteiger partial charge in [0.1, 0.15) is 0 Å². The Morgan fingerprint density at radius 1 is 1.18 bits per heavy atom. The fraction of sp³-hybridized carbons (Fsp3) is 0.875. The van der Waals surface area contributed by atoms with Crippen molar-refractivity contribution in [1.82, 2.24) is 0 Å². The Kier molecular flexibility index (Phi) is 4.89. The van der Waals surface area contributed by atoms with Gasteiger partial charge in [0.15, 0.2) is 0 Å². The van der Waals surface area contributed by atoms with Crippen LogP contribution in [0.4, 0.5) is 26.3 Å². The van der Waals surface area contributed by atoms with Gasteiger partial charge in [-0.25, -0.2) is 4.79 Å². The van der Waals surface area contributed by atoms with E-state index in [1.54, 1.807) is 0 Å². The molecule has 0 saturated carbocycles. The Balaban J connectivity index is 5.30. The first-order chi connectivity index (χ1) is 7.38. The third kappa shape index (κ3) is 3.26. The zero-order valence-corrected chi connectivity index (χ0v) is 10.3. The number of carbonyl (C=O) groups excluding carboxylic acids is 1. The molecule has 1 atom stereocenters. The second kappa shape index (κ2) is 5.03. The van der Waals surface area contributed by atoms with Gasteiger partial charge < -0.3 is 4.74 Å². The van der Waals surface area contributed by atoms with Crippen molar-refractivity contribution >= 4 is 21.9 Å². The molecule has 2 nitrogen and oxygen atoms in total. The molecule has 0 N–H and O–H groups in total. The molecule has 0 aliphatic heterocycles. The highest BCUT2D eigenvalue weighted by molar-refractivity contribution is 9.10. The van der Waals surface area contributed by atoms with Crippen molar-refractivity contribution in [2.24, 2.45) is 0 Å². The van der Waals surface area contributed by atoms with E-state index in [1.165, 1.54) is 29.8 Å². The standard InChI is InChI=1S/C8H9BrF6O2/c1-3-4(2)17-5(16)6(9,7(10,11)12)8(13,14)15/h4H,3H2,1-2H3. The topological polar surface area (TPSA) is 26.3 Å². The van der Waals surface area contributed by atoms with Crippen molar-refractivity contribution in [3.8, 4) is 0 Å². The zero-order chi connectivity index (χ0) is 14.1. The number of halogens is 7. The number of esters is 1. The molecule has 0 saturated heterocycles. The Hall–Kier alpha value is -0.470. The predicted octanol–water partition coefficient (Wildman–Crippen LogP) is 3.59. The van der Waals surface area contributed by atoms with Gasteiger partial charge in [0.25, 0.3) is 0 Å². The van der Waals surface area contributed by atoms with E-state index in [0.717, 1.165) is 0 Å². The molecule has 0 aromatic heterocycles. The van der Waals surface area contributed by atoms with E-state index in [1.807, 2.05) is 0 Å². The largest absolute Gasteiger partial charge is 0.461 e. The molecule has 0 spiro atoms. The lowest BCUT2D eigenvalue weighted by atomic mass is 10.1.